The summed E-state index contributed by atoms with van der Waals surface area (Å²) in [6, 6.07) is 1.32. The number of nitrogens with zero attached hydrogens (tertiary/aromatic N) is 1. The normalized spacial score (nSPS) is 28.7. The fourth-order valence-electron chi connectivity index (χ4n) is 5.21. The maximum absolute atomic E-state index is 13.1. The molecule has 44 heavy (non-hydrogen) atoms. The fraction of sp³-hybridized carbons (Fsp3) is 0.562. The summed E-state index contributed by atoms with van der Waals surface area (Å²) in [4.78, 5) is 26.8. The number of anilines is 2. The Hall–Kier alpha value is -3.58. The lowest BCUT2D eigenvalue weighted by Crippen LogP contribution is -2.37. The van der Waals surface area contributed by atoms with Gasteiger partial charge in [0.25, 0.3) is 5.91 Å². The van der Waals surface area contributed by atoms with Gasteiger partial charge in [-0.1, -0.05) is 38.2 Å². The number of rotatable bonds is 7. The number of fused-ring (bicyclic) bond motifs is 2. The second kappa shape index (κ2) is 17.0. The van der Waals surface area contributed by atoms with Gasteiger partial charge in [-0.2, -0.15) is 0 Å². The third-order valence-electron chi connectivity index (χ3n) is 7.69. The molecule has 12 nitrogen and oxygen atoms in total. The largest absolute Gasteiger partial charge is 0.506 e. The van der Waals surface area contributed by atoms with Gasteiger partial charge in [-0.25, -0.2) is 4.79 Å². The fourth-order valence-corrected chi connectivity index (χ4v) is 5.21. The first-order valence-corrected chi connectivity index (χ1v) is 14.7. The second-order valence-corrected chi connectivity index (χ2v) is 11.7. The van der Waals surface area contributed by atoms with E-state index in [-0.39, 0.29) is 23.1 Å². The molecule has 0 aromatic heterocycles. The monoisotopic (exact) mass is 618 g/mol. The first kappa shape index (κ1) is 36.6. The molecule has 246 valence electrons. The van der Waals surface area contributed by atoms with Crippen LogP contribution in [-0.2, 0) is 25.4 Å². The van der Waals surface area contributed by atoms with E-state index in [2.05, 4.69) is 10.6 Å². The molecule has 7 N–H and O–H groups in total. The summed E-state index contributed by atoms with van der Waals surface area (Å²) < 4.78 is 16.7. The quantitative estimate of drug-likeness (QED) is 0.151. The molecule has 12 heteroatoms. The van der Waals surface area contributed by atoms with E-state index >= 15 is 0 Å². The van der Waals surface area contributed by atoms with Gasteiger partial charge in [0.15, 0.2) is 6.10 Å². The van der Waals surface area contributed by atoms with Crippen molar-refractivity contribution in [3.8, 4) is 11.5 Å². The van der Waals surface area contributed by atoms with Crippen LogP contribution in [0, 0.1) is 11.8 Å². The third-order valence-corrected chi connectivity index (χ3v) is 7.69. The lowest BCUT2D eigenvalue weighted by atomic mass is 9.87. The number of hydrogen-bond donors (Lipinski definition) is 6. The molecule has 0 spiro atoms. The van der Waals surface area contributed by atoms with Crippen molar-refractivity contribution in [2.45, 2.75) is 65.0 Å². The number of nitrogens with two attached hydrogens (primary N) is 1. The van der Waals surface area contributed by atoms with Crippen LogP contribution in [0.5, 0.6) is 11.5 Å². The van der Waals surface area contributed by atoms with E-state index in [1.807, 2.05) is 32.8 Å². The van der Waals surface area contributed by atoms with Crippen LogP contribution in [0.4, 0.5) is 16.2 Å². The van der Waals surface area contributed by atoms with Gasteiger partial charge < -0.3 is 50.8 Å². The number of hydrogen-bond acceptors (Lipinski definition) is 10. The van der Waals surface area contributed by atoms with Gasteiger partial charge in [0.1, 0.15) is 17.6 Å². The number of allylic oxidation sites excluding steroid dienone is 2. The van der Waals surface area contributed by atoms with Crippen LogP contribution < -0.4 is 16.4 Å². The number of benzene rings is 1. The number of nitrogens with one attached hydrogen (secondary N) is 2. The summed E-state index contributed by atoms with van der Waals surface area (Å²) in [6.45, 7) is 8.32. The van der Waals surface area contributed by atoms with E-state index in [9.17, 15) is 24.9 Å². The molecule has 2 amide bonds. The van der Waals surface area contributed by atoms with Crippen molar-refractivity contribution >= 4 is 23.4 Å². The number of carbonyl (C=O) groups is 2. The molecule has 1 aliphatic heterocycles. The number of phenols is 2. The third kappa shape index (κ3) is 10.3. The molecule has 2 rings (SSSR count). The maximum atomic E-state index is 13.1. The Balaban J connectivity index is 2.65. The van der Waals surface area contributed by atoms with E-state index in [0.29, 0.717) is 48.3 Å². The van der Waals surface area contributed by atoms with Crippen molar-refractivity contribution in [2.75, 3.05) is 52.0 Å². The highest BCUT2D eigenvalue weighted by atomic mass is 16.6. The minimum Gasteiger partial charge on any atom is -0.506 e. The first-order chi connectivity index (χ1) is 20.7. The van der Waals surface area contributed by atoms with Crippen molar-refractivity contribution < 1.29 is 39.1 Å². The summed E-state index contributed by atoms with van der Waals surface area (Å²) >= 11 is 0. The summed E-state index contributed by atoms with van der Waals surface area (Å²) in [5.41, 5.74) is 7.15. The molecule has 0 radical (unpaired) electrons. The molecular formula is C32H50N4O8. The highest BCUT2D eigenvalue weighted by molar-refractivity contribution is 6.04. The highest BCUT2D eigenvalue weighted by Crippen LogP contribution is 2.42. The number of aliphatic hydroxyl groups is 1. The number of ether oxygens (including phenoxy) is 3. The van der Waals surface area contributed by atoms with Crippen molar-refractivity contribution in [1.82, 2.24) is 4.90 Å². The lowest BCUT2D eigenvalue weighted by molar-refractivity contribution is -0.112. The van der Waals surface area contributed by atoms with Crippen LogP contribution in [0.1, 0.15) is 39.7 Å². The van der Waals surface area contributed by atoms with Gasteiger partial charge in [0.2, 0.25) is 0 Å². The molecule has 1 heterocycles. The lowest BCUT2D eigenvalue weighted by Gasteiger charge is -2.29. The van der Waals surface area contributed by atoms with Crippen LogP contribution in [0.2, 0.25) is 0 Å². The van der Waals surface area contributed by atoms with Gasteiger partial charge >= 0.3 is 6.09 Å². The van der Waals surface area contributed by atoms with Gasteiger partial charge in [-0.3, -0.25) is 4.79 Å². The summed E-state index contributed by atoms with van der Waals surface area (Å²) in [5.74, 6) is -1.32. The Kier molecular flexibility index (Phi) is 14.2. The van der Waals surface area contributed by atoms with E-state index in [0.717, 1.165) is 0 Å². The molecule has 0 saturated carbocycles. The van der Waals surface area contributed by atoms with Crippen molar-refractivity contribution in [3.63, 3.8) is 0 Å². The van der Waals surface area contributed by atoms with E-state index in [1.54, 1.807) is 38.2 Å². The minimum atomic E-state index is -0.986. The molecule has 2 bridgehead atoms. The van der Waals surface area contributed by atoms with Crippen LogP contribution in [0.3, 0.4) is 0 Å². The summed E-state index contributed by atoms with van der Waals surface area (Å²) in [6.07, 6.45) is 3.10. The van der Waals surface area contributed by atoms with Crippen LogP contribution in [0.25, 0.3) is 0 Å². The molecule has 1 aromatic carbocycles. The standard InChI is InChI=1S/C32H50N4O8/c1-18-14-22-27(34-12-13-36(5)6)24(37)17-23(29(22)39)35-31(40)19(2)10-9-11-25(42-7)30(44-32(33)41)21(4)16-20(3)28(38)26(15-18)43-8/h9-11,16-18,20,25-26,28,30,34,37-39H,12-15H2,1-8H3,(H2,33,41)(H,35,40)/b11-9+,19-10+,21-16+/t18-,20+,25-,26-,28+,30+/m1/s1. The number of aromatic hydroxyl groups is 2. The molecule has 6 atom stereocenters. The number of methoxy groups -OCH3 is 2. The Labute approximate surface area is 260 Å². The van der Waals surface area contributed by atoms with Crippen LogP contribution in [-0.4, -0.2) is 98.0 Å². The Bertz CT molecular complexity index is 1230. The van der Waals surface area contributed by atoms with Crippen molar-refractivity contribution in [3.05, 3.63) is 47.1 Å². The van der Waals surface area contributed by atoms with Gasteiger partial charge in [-0.15, -0.1) is 0 Å². The minimum absolute atomic E-state index is 0.0592. The van der Waals surface area contributed by atoms with Crippen LogP contribution in [0.15, 0.2) is 41.5 Å². The molecule has 0 fully saturated rings. The number of amides is 2. The Morgan fingerprint density at radius 2 is 1.86 bits per heavy atom. The molecule has 0 saturated heterocycles. The number of aliphatic hydroxyl groups excluding tert-OH is 1. The first-order valence-electron chi connectivity index (χ1n) is 14.7. The zero-order valence-electron chi connectivity index (χ0n) is 27.1. The predicted octanol–water partition coefficient (Wildman–Crippen LogP) is 3.53. The molecule has 1 aromatic rings. The zero-order chi connectivity index (χ0) is 33.1. The smallest absolute Gasteiger partial charge is 0.405 e. The van der Waals surface area contributed by atoms with E-state index in [1.165, 1.54) is 20.3 Å². The summed E-state index contributed by atoms with van der Waals surface area (Å²) in [7, 11) is 6.83. The van der Waals surface area contributed by atoms with Gasteiger partial charge in [0.05, 0.1) is 23.6 Å². The Morgan fingerprint density at radius 3 is 2.45 bits per heavy atom. The number of likely N-dealkylation sites (N-methyl/N-ethyl adjacent to an activating group) is 1. The van der Waals surface area contributed by atoms with Crippen LogP contribution >= 0.6 is 0 Å². The van der Waals surface area contributed by atoms with E-state index < -0.39 is 42.3 Å². The maximum Gasteiger partial charge on any atom is 0.405 e. The predicted molar refractivity (Wildman–Crippen MR) is 171 cm³/mol. The SMILES string of the molecule is CO[C@@H]1/C=C/C=C(\C)C(=O)Nc2cc(O)c(NCCN(C)C)c(c2O)C[C@@H](C)C[C@@H](OC)[C@@H](O)[C@@H](C)/C=C(\C)[C@@H]1OC(N)=O. The van der Waals surface area contributed by atoms with Crippen molar-refractivity contribution in [1.29, 1.82) is 0 Å². The topological polar surface area (TPSA) is 176 Å². The molecular weight excluding hydrogens is 568 g/mol. The van der Waals surface area contributed by atoms with Gasteiger partial charge in [0, 0.05) is 50.4 Å². The number of phenolic OH excluding ortho intramolecular Hbond substituents is 2. The average molecular weight is 619 g/mol. The summed E-state index contributed by atoms with van der Waals surface area (Å²) in [5, 5.41) is 39.6. The second-order valence-electron chi connectivity index (χ2n) is 11.7. The Morgan fingerprint density at radius 1 is 1.18 bits per heavy atom. The van der Waals surface area contributed by atoms with E-state index in [4.69, 9.17) is 19.9 Å². The number of carbonyl (C=O) groups excluding carboxylic acids is 2. The molecule has 1 aliphatic rings. The molecule has 0 unspecified atom stereocenters. The number of primary amides is 1. The average Bonchev–Trinajstić information content (AvgIpc) is 2.95. The highest BCUT2D eigenvalue weighted by Gasteiger charge is 2.30. The molecule has 0 aliphatic carbocycles. The van der Waals surface area contributed by atoms with Crippen molar-refractivity contribution in [2.24, 2.45) is 17.6 Å². The zero-order valence-corrected chi connectivity index (χ0v) is 27.1. The van der Waals surface area contributed by atoms with Gasteiger partial charge in [-0.05, 0) is 52.3 Å².